The molecule has 0 amide bonds. The van der Waals surface area contributed by atoms with Crippen LogP contribution in [0.3, 0.4) is 0 Å². The fourth-order valence-corrected chi connectivity index (χ4v) is 2.23. The van der Waals surface area contributed by atoms with Gasteiger partial charge in [-0.3, -0.25) is 9.58 Å². The molecule has 1 N–H and O–H groups in total. The molecule has 0 saturated carbocycles. The Bertz CT molecular complexity index is 359. The van der Waals surface area contributed by atoms with E-state index in [1.54, 1.807) is 0 Å². The number of rotatable bonds is 2. The summed E-state index contributed by atoms with van der Waals surface area (Å²) in [5.41, 5.74) is 3.65. The van der Waals surface area contributed by atoms with E-state index in [-0.39, 0.29) is 6.10 Å². The summed E-state index contributed by atoms with van der Waals surface area (Å²) in [4.78, 5) is 2.29. The average Bonchev–Trinajstić information content (AvgIpc) is 2.67. The molecule has 0 radical (unpaired) electrons. The molecule has 4 heteroatoms. The van der Waals surface area contributed by atoms with Gasteiger partial charge in [0.05, 0.1) is 11.8 Å². The van der Waals surface area contributed by atoms with E-state index < -0.39 is 0 Å². The number of hydrogen-bond acceptors (Lipinski definition) is 3. The van der Waals surface area contributed by atoms with Crippen molar-refractivity contribution in [3.05, 3.63) is 17.0 Å². The molecule has 1 fully saturated rings. The summed E-state index contributed by atoms with van der Waals surface area (Å²) >= 11 is 0. The van der Waals surface area contributed by atoms with Gasteiger partial charge in [-0.25, -0.2) is 0 Å². The van der Waals surface area contributed by atoms with Gasteiger partial charge in [0, 0.05) is 37.9 Å². The maximum absolute atomic E-state index is 9.46. The van der Waals surface area contributed by atoms with Gasteiger partial charge >= 0.3 is 0 Å². The van der Waals surface area contributed by atoms with E-state index in [1.165, 1.54) is 11.3 Å². The van der Waals surface area contributed by atoms with E-state index >= 15 is 0 Å². The molecule has 1 aromatic heterocycles. The van der Waals surface area contributed by atoms with Crippen LogP contribution in [0.5, 0.6) is 0 Å². The highest BCUT2D eigenvalue weighted by Crippen LogP contribution is 2.18. The van der Waals surface area contributed by atoms with Crippen LogP contribution >= 0.6 is 0 Å². The first-order valence-corrected chi connectivity index (χ1v) is 5.47. The molecule has 0 spiro atoms. The predicted molar refractivity (Wildman–Crippen MR) is 58.6 cm³/mol. The maximum Gasteiger partial charge on any atom is 0.0679 e. The van der Waals surface area contributed by atoms with Gasteiger partial charge in [-0.05, 0) is 20.3 Å². The summed E-state index contributed by atoms with van der Waals surface area (Å²) < 4.78 is 1.93. The molecular formula is C11H19N3O. The first-order chi connectivity index (χ1) is 7.08. The lowest BCUT2D eigenvalue weighted by Crippen LogP contribution is -2.22. The lowest BCUT2D eigenvalue weighted by molar-refractivity contribution is 0.174. The number of aliphatic hydroxyl groups is 1. The summed E-state index contributed by atoms with van der Waals surface area (Å²) in [5.74, 6) is 0. The van der Waals surface area contributed by atoms with Crippen molar-refractivity contribution in [1.82, 2.24) is 14.7 Å². The first kappa shape index (κ1) is 10.6. The van der Waals surface area contributed by atoms with Crippen LogP contribution in [0.15, 0.2) is 0 Å². The summed E-state index contributed by atoms with van der Waals surface area (Å²) in [7, 11) is 1.98. The maximum atomic E-state index is 9.46. The van der Waals surface area contributed by atoms with Gasteiger partial charge in [0.15, 0.2) is 0 Å². The van der Waals surface area contributed by atoms with E-state index in [0.717, 1.165) is 31.7 Å². The highest BCUT2D eigenvalue weighted by Gasteiger charge is 2.22. The van der Waals surface area contributed by atoms with E-state index in [1.807, 2.05) is 11.7 Å². The van der Waals surface area contributed by atoms with Crippen LogP contribution in [-0.4, -0.2) is 39.0 Å². The minimum absolute atomic E-state index is 0.137. The molecule has 1 aromatic rings. The highest BCUT2D eigenvalue weighted by molar-refractivity contribution is 5.24. The Morgan fingerprint density at radius 1 is 1.47 bits per heavy atom. The largest absolute Gasteiger partial charge is 0.392 e. The molecule has 1 saturated heterocycles. The lowest BCUT2D eigenvalue weighted by atomic mass is 10.2. The normalized spacial score (nSPS) is 22.5. The monoisotopic (exact) mass is 209 g/mol. The Labute approximate surface area is 90.5 Å². The number of aryl methyl sites for hydroxylation is 2. The summed E-state index contributed by atoms with van der Waals surface area (Å²) in [5, 5.41) is 13.9. The SMILES string of the molecule is Cc1nn(C)c(C)c1CN1CC[C@H](O)C1. The van der Waals surface area contributed by atoms with Crippen LogP contribution in [0.1, 0.15) is 23.4 Å². The van der Waals surface area contributed by atoms with Crippen LogP contribution in [0.25, 0.3) is 0 Å². The van der Waals surface area contributed by atoms with Crippen molar-refractivity contribution >= 4 is 0 Å². The summed E-state index contributed by atoms with van der Waals surface area (Å²) in [6.07, 6.45) is 0.764. The van der Waals surface area contributed by atoms with Crippen LogP contribution in [0.4, 0.5) is 0 Å². The quantitative estimate of drug-likeness (QED) is 0.775. The van der Waals surface area contributed by atoms with Crippen molar-refractivity contribution in [2.45, 2.75) is 32.9 Å². The second-order valence-electron chi connectivity index (χ2n) is 4.45. The molecule has 1 aliphatic heterocycles. The third-order valence-electron chi connectivity index (χ3n) is 3.29. The smallest absolute Gasteiger partial charge is 0.0679 e. The van der Waals surface area contributed by atoms with E-state index in [0.29, 0.717) is 0 Å². The van der Waals surface area contributed by atoms with E-state index in [9.17, 15) is 5.11 Å². The van der Waals surface area contributed by atoms with Crippen LogP contribution < -0.4 is 0 Å². The van der Waals surface area contributed by atoms with Gasteiger partial charge in [-0.1, -0.05) is 0 Å². The number of likely N-dealkylation sites (tertiary alicyclic amines) is 1. The molecule has 2 heterocycles. The molecule has 0 unspecified atom stereocenters. The third kappa shape index (κ3) is 2.06. The van der Waals surface area contributed by atoms with Gasteiger partial charge in [0.1, 0.15) is 0 Å². The summed E-state index contributed by atoms with van der Waals surface area (Å²) in [6.45, 7) is 6.86. The molecule has 0 aliphatic carbocycles. The van der Waals surface area contributed by atoms with Gasteiger partial charge in [0.25, 0.3) is 0 Å². The molecular weight excluding hydrogens is 190 g/mol. The van der Waals surface area contributed by atoms with Crippen molar-refractivity contribution in [1.29, 1.82) is 0 Å². The van der Waals surface area contributed by atoms with Crippen molar-refractivity contribution in [2.75, 3.05) is 13.1 Å². The van der Waals surface area contributed by atoms with Crippen LogP contribution in [0, 0.1) is 13.8 Å². The van der Waals surface area contributed by atoms with Gasteiger partial charge < -0.3 is 5.11 Å². The predicted octanol–water partition coefficient (Wildman–Crippen LogP) is 0.604. The minimum Gasteiger partial charge on any atom is -0.392 e. The lowest BCUT2D eigenvalue weighted by Gasteiger charge is -2.14. The van der Waals surface area contributed by atoms with Gasteiger partial charge in [-0.2, -0.15) is 5.10 Å². The fourth-order valence-electron chi connectivity index (χ4n) is 2.23. The van der Waals surface area contributed by atoms with Gasteiger partial charge in [-0.15, -0.1) is 0 Å². The van der Waals surface area contributed by atoms with Crippen molar-refractivity contribution in [3.8, 4) is 0 Å². The van der Waals surface area contributed by atoms with Crippen molar-refractivity contribution in [3.63, 3.8) is 0 Å². The van der Waals surface area contributed by atoms with E-state index in [4.69, 9.17) is 0 Å². The number of aliphatic hydroxyl groups excluding tert-OH is 1. The zero-order chi connectivity index (χ0) is 11.0. The average molecular weight is 209 g/mol. The number of nitrogens with zero attached hydrogens (tertiary/aromatic N) is 3. The van der Waals surface area contributed by atoms with E-state index in [2.05, 4.69) is 23.8 Å². The topological polar surface area (TPSA) is 41.3 Å². The van der Waals surface area contributed by atoms with Crippen molar-refractivity contribution < 1.29 is 5.11 Å². The fraction of sp³-hybridized carbons (Fsp3) is 0.727. The Morgan fingerprint density at radius 2 is 2.20 bits per heavy atom. The first-order valence-electron chi connectivity index (χ1n) is 5.47. The Hall–Kier alpha value is -0.870. The standard InChI is InChI=1S/C11H19N3O/c1-8-11(9(2)13(3)12-8)7-14-5-4-10(15)6-14/h10,15H,4-7H2,1-3H3/t10-/m0/s1. The zero-order valence-corrected chi connectivity index (χ0v) is 9.69. The van der Waals surface area contributed by atoms with Crippen molar-refractivity contribution in [2.24, 2.45) is 7.05 Å². The third-order valence-corrected chi connectivity index (χ3v) is 3.29. The Morgan fingerprint density at radius 3 is 2.67 bits per heavy atom. The summed E-state index contributed by atoms with van der Waals surface area (Å²) in [6, 6.07) is 0. The molecule has 2 rings (SSSR count). The molecule has 0 bridgehead atoms. The number of β-amino-alcohol motifs (C(OH)–C–C–N with tert-alkyl or cyclic N) is 1. The molecule has 0 aromatic carbocycles. The highest BCUT2D eigenvalue weighted by atomic mass is 16.3. The minimum atomic E-state index is -0.137. The Balaban J connectivity index is 2.10. The number of hydrogen-bond donors (Lipinski definition) is 1. The van der Waals surface area contributed by atoms with Gasteiger partial charge in [0.2, 0.25) is 0 Å². The second kappa shape index (κ2) is 3.94. The molecule has 15 heavy (non-hydrogen) atoms. The Kier molecular flexibility index (Phi) is 2.80. The van der Waals surface area contributed by atoms with Crippen LogP contribution in [0.2, 0.25) is 0 Å². The van der Waals surface area contributed by atoms with Crippen LogP contribution in [-0.2, 0) is 13.6 Å². The zero-order valence-electron chi connectivity index (χ0n) is 9.69. The number of aromatic nitrogens is 2. The molecule has 1 aliphatic rings. The molecule has 4 nitrogen and oxygen atoms in total. The molecule has 1 atom stereocenters. The molecule has 84 valence electrons. The second-order valence-corrected chi connectivity index (χ2v) is 4.45.